The molecule has 17 heavy (non-hydrogen) atoms. The molecule has 94 valence electrons. The number of nitrogens with zero attached hydrogens (tertiary/aromatic N) is 1. The first-order valence-corrected chi connectivity index (χ1v) is 6.06. The topological polar surface area (TPSA) is 29.5 Å². The lowest BCUT2D eigenvalue weighted by atomic mass is 10.0. The molecule has 0 spiro atoms. The van der Waals surface area contributed by atoms with Gasteiger partial charge in [0.2, 0.25) is 0 Å². The summed E-state index contributed by atoms with van der Waals surface area (Å²) in [5, 5.41) is 0. The van der Waals surface area contributed by atoms with Crippen LogP contribution in [0.3, 0.4) is 0 Å². The van der Waals surface area contributed by atoms with E-state index >= 15 is 0 Å². The monoisotopic (exact) mass is 235 g/mol. The Labute approximate surface area is 103 Å². The van der Waals surface area contributed by atoms with Crippen molar-refractivity contribution in [1.29, 1.82) is 0 Å². The van der Waals surface area contributed by atoms with Crippen molar-refractivity contribution in [2.75, 3.05) is 25.1 Å². The molecule has 3 heteroatoms. The first-order valence-electron chi connectivity index (χ1n) is 6.06. The fourth-order valence-corrected chi connectivity index (χ4v) is 1.93. The van der Waals surface area contributed by atoms with Crippen molar-refractivity contribution in [1.82, 2.24) is 0 Å². The second-order valence-corrected chi connectivity index (χ2v) is 4.02. The Morgan fingerprint density at radius 3 is 2.47 bits per heavy atom. The highest BCUT2D eigenvalue weighted by Gasteiger charge is 2.12. The number of ether oxygens (including phenoxy) is 1. The molecule has 0 saturated carbocycles. The molecule has 0 saturated heterocycles. The average molecular weight is 235 g/mol. The third-order valence-electron chi connectivity index (χ3n) is 3.04. The quantitative estimate of drug-likeness (QED) is 0.710. The molecule has 1 aromatic carbocycles. The molecule has 3 nitrogen and oxygen atoms in total. The Kier molecular flexibility index (Phi) is 5.01. The zero-order valence-corrected chi connectivity index (χ0v) is 11.1. The normalized spacial score (nSPS) is 12.0. The summed E-state index contributed by atoms with van der Waals surface area (Å²) in [4.78, 5) is 13.1. The van der Waals surface area contributed by atoms with Gasteiger partial charge in [-0.2, -0.15) is 0 Å². The van der Waals surface area contributed by atoms with E-state index < -0.39 is 0 Å². The molecular weight excluding hydrogens is 214 g/mol. The molecule has 0 aliphatic heterocycles. The number of aldehydes is 1. The van der Waals surface area contributed by atoms with E-state index in [1.807, 2.05) is 25.1 Å². The zero-order chi connectivity index (χ0) is 12.8. The van der Waals surface area contributed by atoms with Crippen LogP contribution in [0.4, 0.5) is 5.69 Å². The summed E-state index contributed by atoms with van der Waals surface area (Å²) in [5.41, 5.74) is 2.08. The van der Waals surface area contributed by atoms with E-state index in [1.54, 1.807) is 7.11 Å². The maximum Gasteiger partial charge on any atom is 0.127 e. The van der Waals surface area contributed by atoms with Gasteiger partial charge >= 0.3 is 0 Å². The van der Waals surface area contributed by atoms with Gasteiger partial charge in [-0.25, -0.2) is 0 Å². The van der Waals surface area contributed by atoms with Gasteiger partial charge in [0.15, 0.2) is 0 Å². The van der Waals surface area contributed by atoms with Crippen molar-refractivity contribution < 1.29 is 9.53 Å². The van der Waals surface area contributed by atoms with Crippen molar-refractivity contribution in [2.45, 2.75) is 26.7 Å². The third kappa shape index (κ3) is 2.99. The van der Waals surface area contributed by atoms with Crippen LogP contribution in [0.1, 0.15) is 32.3 Å². The van der Waals surface area contributed by atoms with Crippen molar-refractivity contribution >= 4 is 12.0 Å². The number of benzene rings is 1. The van der Waals surface area contributed by atoms with Crippen molar-refractivity contribution in [3.8, 4) is 5.75 Å². The van der Waals surface area contributed by atoms with Crippen LogP contribution in [-0.4, -0.2) is 26.5 Å². The van der Waals surface area contributed by atoms with E-state index in [0.29, 0.717) is 0 Å². The fourth-order valence-electron chi connectivity index (χ4n) is 1.93. The van der Waals surface area contributed by atoms with Crippen molar-refractivity contribution in [3.63, 3.8) is 0 Å². The highest BCUT2D eigenvalue weighted by atomic mass is 16.5. The van der Waals surface area contributed by atoms with E-state index in [0.717, 1.165) is 36.4 Å². The van der Waals surface area contributed by atoms with Gasteiger partial charge in [0.1, 0.15) is 12.0 Å². The Balaban J connectivity index is 3.11. The predicted molar refractivity (Wildman–Crippen MR) is 71.0 cm³/mol. The molecular formula is C14H21NO2. The summed E-state index contributed by atoms with van der Waals surface area (Å²) in [6, 6.07) is 6.03. The van der Waals surface area contributed by atoms with Gasteiger partial charge in [0.05, 0.1) is 7.11 Å². The molecule has 0 aliphatic rings. The van der Waals surface area contributed by atoms with Crippen LogP contribution >= 0.6 is 0 Å². The zero-order valence-electron chi connectivity index (χ0n) is 11.1. The Bertz CT molecular complexity index is 372. The SMILES string of the molecule is CCN(CC)c1ccc(C(C)C=O)c(OC)c1. The molecule has 0 heterocycles. The molecule has 0 radical (unpaired) electrons. The summed E-state index contributed by atoms with van der Waals surface area (Å²) in [7, 11) is 1.64. The molecule has 0 aliphatic carbocycles. The maximum absolute atomic E-state index is 10.8. The molecule has 1 atom stereocenters. The van der Waals surface area contributed by atoms with Gasteiger partial charge < -0.3 is 14.4 Å². The second-order valence-electron chi connectivity index (χ2n) is 4.02. The minimum atomic E-state index is -0.129. The van der Waals surface area contributed by atoms with E-state index in [4.69, 9.17) is 4.74 Å². The second kappa shape index (κ2) is 6.28. The van der Waals surface area contributed by atoms with Crippen LogP contribution in [-0.2, 0) is 4.79 Å². The fraction of sp³-hybridized carbons (Fsp3) is 0.500. The van der Waals surface area contributed by atoms with E-state index in [9.17, 15) is 4.79 Å². The molecule has 0 aromatic heterocycles. The van der Waals surface area contributed by atoms with Crippen LogP contribution in [0.5, 0.6) is 5.75 Å². The maximum atomic E-state index is 10.8. The lowest BCUT2D eigenvalue weighted by molar-refractivity contribution is -0.108. The summed E-state index contributed by atoms with van der Waals surface area (Å²) < 4.78 is 5.36. The molecule has 0 fully saturated rings. The molecule has 0 bridgehead atoms. The van der Waals surface area contributed by atoms with Crippen molar-refractivity contribution in [2.24, 2.45) is 0 Å². The number of hydrogen-bond acceptors (Lipinski definition) is 3. The van der Waals surface area contributed by atoms with E-state index in [2.05, 4.69) is 18.7 Å². The molecule has 1 rings (SSSR count). The average Bonchev–Trinajstić information content (AvgIpc) is 2.39. The summed E-state index contributed by atoms with van der Waals surface area (Å²) in [6.07, 6.45) is 0.939. The summed E-state index contributed by atoms with van der Waals surface area (Å²) in [5.74, 6) is 0.657. The number of methoxy groups -OCH3 is 1. The number of carbonyl (C=O) groups excluding carboxylic acids is 1. The van der Waals surface area contributed by atoms with Gasteiger partial charge in [-0.3, -0.25) is 0 Å². The van der Waals surface area contributed by atoms with Gasteiger partial charge in [-0.1, -0.05) is 13.0 Å². The first-order chi connectivity index (χ1) is 8.17. The number of anilines is 1. The van der Waals surface area contributed by atoms with Crippen molar-refractivity contribution in [3.05, 3.63) is 23.8 Å². The highest BCUT2D eigenvalue weighted by Crippen LogP contribution is 2.30. The number of carbonyl (C=O) groups is 1. The summed E-state index contributed by atoms with van der Waals surface area (Å²) in [6.45, 7) is 8.04. The Morgan fingerprint density at radius 1 is 1.35 bits per heavy atom. The van der Waals surface area contributed by atoms with Crippen LogP contribution in [0.2, 0.25) is 0 Å². The van der Waals surface area contributed by atoms with Crippen LogP contribution in [0.15, 0.2) is 18.2 Å². The molecule has 1 unspecified atom stereocenters. The summed E-state index contributed by atoms with van der Waals surface area (Å²) >= 11 is 0. The lowest BCUT2D eigenvalue weighted by Gasteiger charge is -2.22. The largest absolute Gasteiger partial charge is 0.496 e. The molecule has 1 aromatic rings. The third-order valence-corrected chi connectivity index (χ3v) is 3.04. The minimum absolute atomic E-state index is 0.129. The van der Waals surface area contributed by atoms with Gasteiger partial charge in [0.25, 0.3) is 0 Å². The number of hydrogen-bond donors (Lipinski definition) is 0. The smallest absolute Gasteiger partial charge is 0.127 e. The van der Waals surface area contributed by atoms with E-state index in [-0.39, 0.29) is 5.92 Å². The predicted octanol–water partition coefficient (Wildman–Crippen LogP) is 2.84. The first kappa shape index (κ1) is 13.6. The van der Waals surface area contributed by atoms with Crippen LogP contribution in [0.25, 0.3) is 0 Å². The number of rotatable bonds is 6. The Hall–Kier alpha value is -1.51. The minimum Gasteiger partial charge on any atom is -0.496 e. The van der Waals surface area contributed by atoms with Gasteiger partial charge in [-0.15, -0.1) is 0 Å². The van der Waals surface area contributed by atoms with Crippen LogP contribution in [0, 0.1) is 0 Å². The van der Waals surface area contributed by atoms with Gasteiger partial charge in [0, 0.05) is 36.3 Å². The van der Waals surface area contributed by atoms with E-state index in [1.165, 1.54) is 0 Å². The van der Waals surface area contributed by atoms with Gasteiger partial charge in [-0.05, 0) is 19.9 Å². The lowest BCUT2D eigenvalue weighted by Crippen LogP contribution is -2.21. The Morgan fingerprint density at radius 2 is 2.00 bits per heavy atom. The molecule has 0 amide bonds. The van der Waals surface area contributed by atoms with Crippen LogP contribution < -0.4 is 9.64 Å². The molecule has 0 N–H and O–H groups in total. The standard InChI is InChI=1S/C14H21NO2/c1-5-15(6-2)12-7-8-13(11(3)10-16)14(9-12)17-4/h7-11H,5-6H2,1-4H3. The highest BCUT2D eigenvalue weighted by molar-refractivity contribution is 5.66.